The zero-order chi connectivity index (χ0) is 10.6. The Morgan fingerprint density at radius 3 is 2.71 bits per heavy atom. The number of likely N-dealkylation sites (tertiary alicyclic amines) is 1. The summed E-state index contributed by atoms with van der Waals surface area (Å²) in [4.78, 5) is 2.62. The minimum atomic E-state index is 0.521. The molecule has 0 amide bonds. The maximum absolute atomic E-state index is 3.33. The van der Waals surface area contributed by atoms with Crippen molar-refractivity contribution in [2.45, 2.75) is 33.6 Å². The van der Waals surface area contributed by atoms with E-state index in [2.05, 4.69) is 38.0 Å². The van der Waals surface area contributed by atoms with E-state index in [-0.39, 0.29) is 0 Å². The smallest absolute Gasteiger partial charge is 0.00269 e. The number of nitrogens with zero attached hydrogens (tertiary/aromatic N) is 1. The molecule has 1 fully saturated rings. The van der Waals surface area contributed by atoms with Crippen LogP contribution in [0.15, 0.2) is 0 Å². The lowest BCUT2D eigenvalue weighted by Gasteiger charge is -2.44. The SMILES string of the molecule is CCCN1CCC(C)(C)C(CNC)C1. The molecule has 0 aromatic heterocycles. The van der Waals surface area contributed by atoms with Crippen molar-refractivity contribution in [1.82, 2.24) is 10.2 Å². The first-order valence-electron chi connectivity index (χ1n) is 5.97. The molecule has 2 heteroatoms. The second-order valence-electron chi connectivity index (χ2n) is 5.29. The number of hydrogen-bond acceptors (Lipinski definition) is 2. The summed E-state index contributed by atoms with van der Waals surface area (Å²) in [6, 6.07) is 0. The van der Waals surface area contributed by atoms with Gasteiger partial charge in [-0.1, -0.05) is 20.8 Å². The summed E-state index contributed by atoms with van der Waals surface area (Å²) in [6.45, 7) is 12.1. The first-order chi connectivity index (χ1) is 6.60. The fraction of sp³-hybridized carbons (Fsp3) is 1.00. The Balaban J connectivity index is 2.49. The van der Waals surface area contributed by atoms with E-state index >= 15 is 0 Å². The average Bonchev–Trinajstić information content (AvgIpc) is 2.12. The lowest BCUT2D eigenvalue weighted by atomic mass is 9.73. The molecule has 0 spiro atoms. The fourth-order valence-electron chi connectivity index (χ4n) is 2.41. The Bertz CT molecular complexity index is 166. The quantitative estimate of drug-likeness (QED) is 0.743. The zero-order valence-electron chi connectivity index (χ0n) is 10.3. The third-order valence-corrected chi connectivity index (χ3v) is 3.65. The van der Waals surface area contributed by atoms with E-state index < -0.39 is 0 Å². The predicted octanol–water partition coefficient (Wildman–Crippen LogP) is 1.96. The van der Waals surface area contributed by atoms with Crippen LogP contribution in [-0.4, -0.2) is 38.1 Å². The first kappa shape index (κ1) is 12.0. The van der Waals surface area contributed by atoms with Crippen LogP contribution in [-0.2, 0) is 0 Å². The van der Waals surface area contributed by atoms with Gasteiger partial charge in [-0.2, -0.15) is 0 Å². The van der Waals surface area contributed by atoms with Crippen LogP contribution < -0.4 is 5.32 Å². The summed E-state index contributed by atoms with van der Waals surface area (Å²) < 4.78 is 0. The van der Waals surface area contributed by atoms with Crippen molar-refractivity contribution in [2.24, 2.45) is 11.3 Å². The minimum absolute atomic E-state index is 0.521. The molecule has 1 aliphatic rings. The van der Waals surface area contributed by atoms with Gasteiger partial charge in [0.1, 0.15) is 0 Å². The molecule has 1 atom stereocenters. The van der Waals surface area contributed by atoms with E-state index in [1.807, 2.05) is 0 Å². The van der Waals surface area contributed by atoms with Crippen LogP contribution >= 0.6 is 0 Å². The molecule has 0 aliphatic carbocycles. The molecule has 84 valence electrons. The van der Waals surface area contributed by atoms with Gasteiger partial charge in [-0.05, 0) is 50.9 Å². The summed E-state index contributed by atoms with van der Waals surface area (Å²) in [5.74, 6) is 0.813. The van der Waals surface area contributed by atoms with Crippen molar-refractivity contribution in [3.05, 3.63) is 0 Å². The lowest BCUT2D eigenvalue weighted by Crippen LogP contribution is -2.48. The predicted molar refractivity (Wildman–Crippen MR) is 62.5 cm³/mol. The van der Waals surface area contributed by atoms with Crippen molar-refractivity contribution in [3.63, 3.8) is 0 Å². The molecule has 1 heterocycles. The maximum atomic E-state index is 3.33. The van der Waals surface area contributed by atoms with Crippen LogP contribution in [0, 0.1) is 11.3 Å². The van der Waals surface area contributed by atoms with Gasteiger partial charge in [0.2, 0.25) is 0 Å². The standard InChI is InChI=1S/C12H26N2/c1-5-7-14-8-6-12(2,3)11(10-14)9-13-4/h11,13H,5-10H2,1-4H3. The van der Waals surface area contributed by atoms with E-state index in [0.717, 1.165) is 12.5 Å². The van der Waals surface area contributed by atoms with Crippen LogP contribution in [0.25, 0.3) is 0 Å². The monoisotopic (exact) mass is 198 g/mol. The summed E-state index contributed by atoms with van der Waals surface area (Å²) in [6.07, 6.45) is 2.63. The van der Waals surface area contributed by atoms with Gasteiger partial charge in [-0.3, -0.25) is 0 Å². The molecule has 14 heavy (non-hydrogen) atoms. The van der Waals surface area contributed by atoms with E-state index in [1.165, 1.54) is 32.5 Å². The Morgan fingerprint density at radius 1 is 1.43 bits per heavy atom. The highest BCUT2D eigenvalue weighted by Gasteiger charge is 2.34. The Labute approximate surface area is 89.1 Å². The second kappa shape index (κ2) is 5.13. The number of hydrogen-bond donors (Lipinski definition) is 1. The Hall–Kier alpha value is -0.0800. The van der Waals surface area contributed by atoms with E-state index in [1.54, 1.807) is 0 Å². The minimum Gasteiger partial charge on any atom is -0.319 e. The van der Waals surface area contributed by atoms with Crippen LogP contribution in [0.2, 0.25) is 0 Å². The van der Waals surface area contributed by atoms with Crippen molar-refractivity contribution >= 4 is 0 Å². The number of rotatable bonds is 4. The first-order valence-corrected chi connectivity index (χ1v) is 5.97. The maximum Gasteiger partial charge on any atom is 0.00269 e. The summed E-state index contributed by atoms with van der Waals surface area (Å²) in [5, 5.41) is 3.33. The largest absolute Gasteiger partial charge is 0.319 e. The molecule has 1 aliphatic heterocycles. The third kappa shape index (κ3) is 2.96. The van der Waals surface area contributed by atoms with Gasteiger partial charge in [0.05, 0.1) is 0 Å². The van der Waals surface area contributed by atoms with Crippen LogP contribution in [0.1, 0.15) is 33.6 Å². The molecule has 1 saturated heterocycles. The summed E-state index contributed by atoms with van der Waals surface area (Å²) in [5.41, 5.74) is 0.521. The second-order valence-corrected chi connectivity index (χ2v) is 5.29. The van der Waals surface area contributed by atoms with Crippen LogP contribution in [0.4, 0.5) is 0 Å². The van der Waals surface area contributed by atoms with Gasteiger partial charge in [0.25, 0.3) is 0 Å². The molecule has 0 aromatic rings. The molecule has 0 aromatic carbocycles. The lowest BCUT2D eigenvalue weighted by molar-refractivity contribution is 0.0612. The topological polar surface area (TPSA) is 15.3 Å². The molecule has 0 bridgehead atoms. The Morgan fingerprint density at radius 2 is 2.14 bits per heavy atom. The van der Waals surface area contributed by atoms with Crippen molar-refractivity contribution < 1.29 is 0 Å². The zero-order valence-corrected chi connectivity index (χ0v) is 10.3. The van der Waals surface area contributed by atoms with E-state index in [4.69, 9.17) is 0 Å². The normalized spacial score (nSPS) is 27.9. The van der Waals surface area contributed by atoms with Crippen molar-refractivity contribution in [1.29, 1.82) is 0 Å². The fourth-order valence-corrected chi connectivity index (χ4v) is 2.41. The molecular formula is C12H26N2. The molecule has 1 unspecified atom stereocenters. The highest BCUT2D eigenvalue weighted by molar-refractivity contribution is 4.87. The van der Waals surface area contributed by atoms with Crippen molar-refractivity contribution in [3.8, 4) is 0 Å². The summed E-state index contributed by atoms with van der Waals surface area (Å²) >= 11 is 0. The molecule has 2 nitrogen and oxygen atoms in total. The van der Waals surface area contributed by atoms with Gasteiger partial charge < -0.3 is 10.2 Å². The van der Waals surface area contributed by atoms with Crippen molar-refractivity contribution in [2.75, 3.05) is 33.2 Å². The number of nitrogens with one attached hydrogen (secondary N) is 1. The van der Waals surface area contributed by atoms with Crippen LogP contribution in [0.3, 0.4) is 0 Å². The van der Waals surface area contributed by atoms with Crippen LogP contribution in [0.5, 0.6) is 0 Å². The van der Waals surface area contributed by atoms with Gasteiger partial charge >= 0.3 is 0 Å². The van der Waals surface area contributed by atoms with Gasteiger partial charge in [0, 0.05) is 6.54 Å². The molecule has 0 saturated carbocycles. The third-order valence-electron chi connectivity index (χ3n) is 3.65. The molecular weight excluding hydrogens is 172 g/mol. The van der Waals surface area contributed by atoms with Gasteiger partial charge in [-0.25, -0.2) is 0 Å². The van der Waals surface area contributed by atoms with Gasteiger partial charge in [-0.15, -0.1) is 0 Å². The van der Waals surface area contributed by atoms with E-state index in [0.29, 0.717) is 5.41 Å². The van der Waals surface area contributed by atoms with E-state index in [9.17, 15) is 0 Å². The average molecular weight is 198 g/mol. The highest BCUT2D eigenvalue weighted by Crippen LogP contribution is 2.35. The Kier molecular flexibility index (Phi) is 4.39. The molecule has 1 N–H and O–H groups in total. The molecule has 1 rings (SSSR count). The highest BCUT2D eigenvalue weighted by atomic mass is 15.1. The van der Waals surface area contributed by atoms with Gasteiger partial charge in [0.15, 0.2) is 0 Å². The molecule has 0 radical (unpaired) electrons. The number of piperidine rings is 1. The summed E-state index contributed by atoms with van der Waals surface area (Å²) in [7, 11) is 2.06.